The maximum Gasteiger partial charge on any atom is 0.295 e. The van der Waals surface area contributed by atoms with Crippen molar-refractivity contribution in [1.29, 1.82) is 0 Å². The lowest BCUT2D eigenvalue weighted by molar-refractivity contribution is -0.139. The summed E-state index contributed by atoms with van der Waals surface area (Å²) in [6, 6.07) is 12.3. The van der Waals surface area contributed by atoms with Crippen LogP contribution in [-0.4, -0.2) is 41.5 Å². The first-order chi connectivity index (χ1) is 14.9. The second-order valence-electron chi connectivity index (χ2n) is 8.17. The van der Waals surface area contributed by atoms with Gasteiger partial charge in [0, 0.05) is 12.1 Å². The second-order valence-corrected chi connectivity index (χ2v) is 8.17. The van der Waals surface area contributed by atoms with Crippen LogP contribution in [0.15, 0.2) is 48.0 Å². The monoisotopic (exact) mass is 421 g/mol. The molecule has 2 aliphatic rings. The van der Waals surface area contributed by atoms with Crippen molar-refractivity contribution in [2.24, 2.45) is 0 Å². The Hall–Kier alpha value is -3.28. The number of benzene rings is 2. The van der Waals surface area contributed by atoms with Gasteiger partial charge in [0.05, 0.1) is 11.6 Å². The van der Waals surface area contributed by atoms with Gasteiger partial charge in [-0.15, -0.1) is 0 Å². The molecule has 6 nitrogen and oxygen atoms in total. The minimum absolute atomic E-state index is 0.104. The summed E-state index contributed by atoms with van der Waals surface area (Å²) >= 11 is 0. The molecule has 2 aromatic carbocycles. The van der Waals surface area contributed by atoms with Crippen LogP contribution in [0.3, 0.4) is 0 Å². The fourth-order valence-electron chi connectivity index (χ4n) is 4.11. The predicted molar refractivity (Wildman–Crippen MR) is 117 cm³/mol. The number of carbonyl (C=O) groups is 2. The smallest absolute Gasteiger partial charge is 0.295 e. The predicted octanol–water partition coefficient (Wildman–Crippen LogP) is 4.41. The van der Waals surface area contributed by atoms with Crippen LogP contribution < -0.4 is 9.47 Å². The SMILES string of the molecule is CCCN1C(=O)C(=O)/C(=C(\O)c2ccc3c(c2)OCCO3)C1c1ccc(C(C)C)cc1. The number of ketones is 1. The molecule has 4 rings (SSSR count). The molecule has 162 valence electrons. The van der Waals surface area contributed by atoms with Gasteiger partial charge < -0.3 is 19.5 Å². The topological polar surface area (TPSA) is 76.1 Å². The van der Waals surface area contributed by atoms with Crippen molar-refractivity contribution in [3.05, 3.63) is 64.7 Å². The lowest BCUT2D eigenvalue weighted by Crippen LogP contribution is -2.30. The van der Waals surface area contributed by atoms with Crippen LogP contribution in [0, 0.1) is 0 Å². The number of aliphatic hydroxyl groups is 1. The van der Waals surface area contributed by atoms with Gasteiger partial charge >= 0.3 is 0 Å². The molecule has 2 aromatic rings. The summed E-state index contributed by atoms with van der Waals surface area (Å²) in [7, 11) is 0. The van der Waals surface area contributed by atoms with E-state index in [4.69, 9.17) is 9.47 Å². The average Bonchev–Trinajstić information content (AvgIpc) is 3.03. The summed E-state index contributed by atoms with van der Waals surface area (Å²) < 4.78 is 11.2. The molecular formula is C25H27NO5. The summed E-state index contributed by atoms with van der Waals surface area (Å²) in [4.78, 5) is 27.4. The van der Waals surface area contributed by atoms with Crippen LogP contribution >= 0.6 is 0 Å². The van der Waals surface area contributed by atoms with E-state index in [2.05, 4.69) is 13.8 Å². The van der Waals surface area contributed by atoms with Gasteiger partial charge in [0.2, 0.25) is 0 Å². The minimum atomic E-state index is -0.668. The molecule has 6 heteroatoms. The number of aliphatic hydroxyl groups excluding tert-OH is 1. The number of amides is 1. The molecule has 0 bridgehead atoms. The maximum absolute atomic E-state index is 13.0. The summed E-state index contributed by atoms with van der Waals surface area (Å²) in [5.41, 5.74) is 2.49. The molecule has 1 fully saturated rings. The summed E-state index contributed by atoms with van der Waals surface area (Å²) in [5.74, 6) is 0.0178. The minimum Gasteiger partial charge on any atom is -0.507 e. The Morgan fingerprint density at radius 2 is 1.74 bits per heavy atom. The number of likely N-dealkylation sites (tertiary alicyclic amines) is 1. The molecule has 2 heterocycles. The van der Waals surface area contributed by atoms with Crippen LogP contribution in [-0.2, 0) is 9.59 Å². The zero-order valence-electron chi connectivity index (χ0n) is 18.1. The Bertz CT molecular complexity index is 1040. The Morgan fingerprint density at radius 1 is 1.06 bits per heavy atom. The summed E-state index contributed by atoms with van der Waals surface area (Å²) in [6.07, 6.45) is 0.706. The molecule has 0 radical (unpaired) electrons. The highest BCUT2D eigenvalue weighted by Crippen LogP contribution is 2.41. The van der Waals surface area contributed by atoms with Crippen LogP contribution in [0.1, 0.15) is 55.8 Å². The molecule has 1 saturated heterocycles. The number of rotatable bonds is 5. The van der Waals surface area contributed by atoms with Crippen LogP contribution in [0.4, 0.5) is 0 Å². The van der Waals surface area contributed by atoms with E-state index < -0.39 is 17.7 Å². The Balaban J connectivity index is 1.82. The number of carbonyl (C=O) groups excluding carboxylic acids is 2. The molecule has 1 amide bonds. The zero-order valence-corrected chi connectivity index (χ0v) is 18.1. The number of hydrogen-bond acceptors (Lipinski definition) is 5. The fourth-order valence-corrected chi connectivity index (χ4v) is 4.11. The lowest BCUT2D eigenvalue weighted by atomic mass is 9.93. The van der Waals surface area contributed by atoms with E-state index in [-0.39, 0.29) is 11.3 Å². The zero-order chi connectivity index (χ0) is 22.1. The molecule has 0 spiro atoms. The van der Waals surface area contributed by atoms with Crippen molar-refractivity contribution >= 4 is 17.4 Å². The molecule has 1 unspecified atom stereocenters. The lowest BCUT2D eigenvalue weighted by Gasteiger charge is -2.25. The van der Waals surface area contributed by atoms with Crippen molar-refractivity contribution in [2.45, 2.75) is 39.2 Å². The number of fused-ring (bicyclic) bond motifs is 1. The van der Waals surface area contributed by atoms with Crippen molar-refractivity contribution in [2.75, 3.05) is 19.8 Å². The first-order valence-electron chi connectivity index (χ1n) is 10.7. The van der Waals surface area contributed by atoms with E-state index >= 15 is 0 Å². The standard InChI is InChI=1S/C25H27NO5/c1-4-11-26-22(17-7-5-16(6-8-17)15(2)3)21(24(28)25(26)29)23(27)18-9-10-19-20(14-18)31-13-12-30-19/h5-10,14-15,22,27H,4,11-13H2,1-3H3/b23-21-. The highest BCUT2D eigenvalue weighted by atomic mass is 16.6. The van der Waals surface area contributed by atoms with Gasteiger partial charge in [-0.1, -0.05) is 45.0 Å². The second kappa shape index (κ2) is 8.46. The molecule has 1 atom stereocenters. The third kappa shape index (κ3) is 3.78. The van der Waals surface area contributed by atoms with Gasteiger partial charge in [-0.3, -0.25) is 9.59 Å². The van der Waals surface area contributed by atoms with E-state index in [1.807, 2.05) is 31.2 Å². The molecule has 0 saturated carbocycles. The summed E-state index contributed by atoms with van der Waals surface area (Å²) in [5, 5.41) is 11.2. The van der Waals surface area contributed by atoms with Crippen LogP contribution in [0.25, 0.3) is 5.76 Å². The van der Waals surface area contributed by atoms with Gasteiger partial charge in [0.1, 0.15) is 19.0 Å². The highest BCUT2D eigenvalue weighted by molar-refractivity contribution is 6.46. The quantitative estimate of drug-likeness (QED) is 0.440. The van der Waals surface area contributed by atoms with Crippen molar-refractivity contribution in [3.63, 3.8) is 0 Å². The van der Waals surface area contributed by atoms with Crippen LogP contribution in [0.5, 0.6) is 11.5 Å². The van der Waals surface area contributed by atoms with E-state index in [9.17, 15) is 14.7 Å². The van der Waals surface area contributed by atoms with E-state index in [0.29, 0.717) is 49.2 Å². The molecule has 31 heavy (non-hydrogen) atoms. The number of ether oxygens (including phenoxy) is 2. The van der Waals surface area contributed by atoms with Gasteiger partial charge in [-0.05, 0) is 41.7 Å². The Labute approximate surface area is 182 Å². The van der Waals surface area contributed by atoms with E-state index in [1.165, 1.54) is 5.56 Å². The number of hydrogen-bond donors (Lipinski definition) is 1. The van der Waals surface area contributed by atoms with Crippen LogP contribution in [0.2, 0.25) is 0 Å². The van der Waals surface area contributed by atoms with E-state index in [0.717, 1.165) is 5.56 Å². The fraction of sp³-hybridized carbons (Fsp3) is 0.360. The average molecular weight is 421 g/mol. The molecular weight excluding hydrogens is 394 g/mol. The van der Waals surface area contributed by atoms with Gasteiger partial charge in [-0.2, -0.15) is 0 Å². The summed E-state index contributed by atoms with van der Waals surface area (Å²) in [6.45, 7) is 7.49. The number of nitrogens with zero attached hydrogens (tertiary/aromatic N) is 1. The number of Topliss-reactive ketones (excluding diaryl/α,β-unsaturated/α-hetero) is 1. The first-order valence-corrected chi connectivity index (χ1v) is 10.7. The molecule has 0 aliphatic carbocycles. The first kappa shape index (κ1) is 21.0. The van der Waals surface area contributed by atoms with Gasteiger partial charge in [0.15, 0.2) is 11.5 Å². The van der Waals surface area contributed by atoms with E-state index in [1.54, 1.807) is 23.1 Å². The third-order valence-corrected chi connectivity index (χ3v) is 5.74. The highest BCUT2D eigenvalue weighted by Gasteiger charge is 2.45. The van der Waals surface area contributed by atoms with Crippen molar-refractivity contribution < 1.29 is 24.2 Å². The Morgan fingerprint density at radius 3 is 2.39 bits per heavy atom. The Kier molecular flexibility index (Phi) is 5.72. The molecule has 2 aliphatic heterocycles. The normalized spacial score (nSPS) is 19.9. The molecule has 0 aromatic heterocycles. The van der Waals surface area contributed by atoms with Gasteiger partial charge in [0.25, 0.3) is 11.7 Å². The molecule has 1 N–H and O–H groups in total. The maximum atomic E-state index is 13.0. The third-order valence-electron chi connectivity index (χ3n) is 5.74. The van der Waals surface area contributed by atoms with Gasteiger partial charge in [-0.25, -0.2) is 0 Å². The largest absolute Gasteiger partial charge is 0.507 e. The van der Waals surface area contributed by atoms with Crippen molar-refractivity contribution in [3.8, 4) is 11.5 Å². The van der Waals surface area contributed by atoms with Crippen molar-refractivity contribution in [1.82, 2.24) is 4.90 Å².